The zero-order valence-electron chi connectivity index (χ0n) is 23.0. The highest BCUT2D eigenvalue weighted by molar-refractivity contribution is 7.99. The van der Waals surface area contributed by atoms with E-state index >= 15 is 0 Å². The minimum Gasteiger partial charge on any atom is -0.478 e. The van der Waals surface area contributed by atoms with Crippen LogP contribution in [-0.2, 0) is 25.6 Å². The first-order valence-corrected chi connectivity index (χ1v) is 14.0. The van der Waals surface area contributed by atoms with Gasteiger partial charge in [-0.2, -0.15) is 0 Å². The summed E-state index contributed by atoms with van der Waals surface area (Å²) in [6, 6.07) is 24.5. The second-order valence-electron chi connectivity index (χ2n) is 9.20. The molecule has 0 spiro atoms. The Morgan fingerprint density at radius 2 is 1.19 bits per heavy atom. The van der Waals surface area contributed by atoms with E-state index in [0.717, 1.165) is 38.4 Å². The van der Waals surface area contributed by atoms with E-state index in [1.54, 1.807) is 0 Å². The van der Waals surface area contributed by atoms with Crippen LogP contribution in [0.1, 0.15) is 17.2 Å². The molecule has 0 bridgehead atoms. The second kappa shape index (κ2) is 16.5. The van der Waals surface area contributed by atoms with Gasteiger partial charge in [0.25, 0.3) is 0 Å². The first-order chi connectivity index (χ1) is 20.6. The summed E-state index contributed by atoms with van der Waals surface area (Å²) in [7, 11) is 0. The summed E-state index contributed by atoms with van der Waals surface area (Å²) in [6.07, 6.45) is 5.20. The van der Waals surface area contributed by atoms with E-state index in [2.05, 4.69) is 75.4 Å². The van der Waals surface area contributed by atoms with Crippen molar-refractivity contribution in [2.75, 3.05) is 31.1 Å². The van der Waals surface area contributed by atoms with Crippen LogP contribution >= 0.6 is 11.8 Å². The molecule has 43 heavy (non-hydrogen) atoms. The number of hydrogen-bond donors (Lipinski definition) is 4. The van der Waals surface area contributed by atoms with Gasteiger partial charge in [0.1, 0.15) is 5.82 Å². The maximum atomic E-state index is 9.55. The molecule has 0 saturated carbocycles. The van der Waals surface area contributed by atoms with Gasteiger partial charge in [0.05, 0.1) is 0 Å². The maximum absolute atomic E-state index is 9.55. The molecule has 1 fully saturated rings. The lowest BCUT2D eigenvalue weighted by molar-refractivity contribution is -0.134. The van der Waals surface area contributed by atoms with Crippen LogP contribution in [0.15, 0.2) is 107 Å². The fourth-order valence-corrected chi connectivity index (χ4v) is 5.61. The molecule has 1 unspecified atom stereocenters. The lowest BCUT2D eigenvalue weighted by atomic mass is 9.96. The number of carbonyl (C=O) groups is 4. The molecular weight excluding hydrogens is 574 g/mol. The molecule has 1 aromatic heterocycles. The summed E-state index contributed by atoms with van der Waals surface area (Å²) in [4.78, 5) is 50.6. The highest BCUT2D eigenvalue weighted by atomic mass is 32.2. The molecule has 5 rings (SSSR count). The number of rotatable bonds is 6. The van der Waals surface area contributed by atoms with Gasteiger partial charge in [0.2, 0.25) is 0 Å². The lowest BCUT2D eigenvalue weighted by Crippen LogP contribution is -2.48. The zero-order valence-corrected chi connectivity index (χ0v) is 23.8. The van der Waals surface area contributed by atoms with Crippen molar-refractivity contribution in [3.05, 3.63) is 108 Å². The van der Waals surface area contributed by atoms with Gasteiger partial charge in [-0.05, 0) is 41.8 Å². The third-order valence-electron chi connectivity index (χ3n) is 6.35. The number of pyridine rings is 1. The summed E-state index contributed by atoms with van der Waals surface area (Å²) >= 11 is 1.92. The fraction of sp³-hybridized carbons (Fsp3) is 0.194. The van der Waals surface area contributed by atoms with Crippen LogP contribution in [0.2, 0.25) is 0 Å². The van der Waals surface area contributed by atoms with Crippen molar-refractivity contribution in [3.63, 3.8) is 0 Å². The van der Waals surface area contributed by atoms with Crippen LogP contribution in [0.3, 0.4) is 0 Å². The van der Waals surface area contributed by atoms with Crippen molar-refractivity contribution in [2.24, 2.45) is 0 Å². The molecule has 0 aliphatic carbocycles. The van der Waals surface area contributed by atoms with Crippen molar-refractivity contribution in [3.8, 4) is 0 Å². The molecule has 2 aliphatic rings. The number of benzene rings is 2. The molecule has 0 amide bonds. The predicted molar refractivity (Wildman–Crippen MR) is 160 cm³/mol. The van der Waals surface area contributed by atoms with E-state index in [9.17, 15) is 19.2 Å². The topological polar surface area (TPSA) is 169 Å². The number of aliphatic carboxylic acids is 4. The number of aromatic nitrogens is 1. The normalized spacial score (nSPS) is 16.0. The molecule has 2 aliphatic heterocycles. The van der Waals surface area contributed by atoms with Crippen LogP contribution in [-0.4, -0.2) is 80.4 Å². The largest absolute Gasteiger partial charge is 0.478 e. The number of carboxylic acid groups (broad SMARTS) is 4. The molecule has 1 saturated heterocycles. The Kier molecular flexibility index (Phi) is 12.5. The van der Waals surface area contributed by atoms with Crippen LogP contribution in [0, 0.1) is 0 Å². The van der Waals surface area contributed by atoms with E-state index in [4.69, 9.17) is 20.4 Å². The van der Waals surface area contributed by atoms with Crippen molar-refractivity contribution in [1.29, 1.82) is 0 Å². The van der Waals surface area contributed by atoms with E-state index in [0.29, 0.717) is 30.3 Å². The Morgan fingerprint density at radius 3 is 1.72 bits per heavy atom. The fourth-order valence-electron chi connectivity index (χ4n) is 4.47. The monoisotopic (exact) mass is 605 g/mol. The highest BCUT2D eigenvalue weighted by Crippen LogP contribution is 2.42. The second-order valence-corrected chi connectivity index (χ2v) is 10.3. The minimum absolute atomic E-state index is 0.447. The van der Waals surface area contributed by atoms with Crippen molar-refractivity contribution < 1.29 is 39.6 Å². The Hall–Kier alpha value is -4.94. The van der Waals surface area contributed by atoms with Gasteiger partial charge >= 0.3 is 23.9 Å². The summed E-state index contributed by atoms with van der Waals surface area (Å²) in [5.41, 5.74) is 2.95. The minimum atomic E-state index is -1.26. The van der Waals surface area contributed by atoms with Crippen LogP contribution in [0.4, 0.5) is 5.82 Å². The van der Waals surface area contributed by atoms with Crippen molar-refractivity contribution in [1.82, 2.24) is 9.88 Å². The molecule has 12 heteroatoms. The van der Waals surface area contributed by atoms with Gasteiger partial charge in [0, 0.05) is 72.5 Å². The molecule has 1 atom stereocenters. The summed E-state index contributed by atoms with van der Waals surface area (Å²) in [5, 5.41) is 31.2. The molecule has 0 radical (unpaired) electrons. The highest BCUT2D eigenvalue weighted by Gasteiger charge is 2.30. The molecule has 11 nitrogen and oxygen atoms in total. The van der Waals surface area contributed by atoms with Gasteiger partial charge in [-0.15, -0.1) is 0 Å². The number of carboxylic acids is 4. The summed E-state index contributed by atoms with van der Waals surface area (Å²) in [5.74, 6) is -3.93. The van der Waals surface area contributed by atoms with Crippen molar-refractivity contribution in [2.45, 2.75) is 22.3 Å². The standard InChI is InChI=1S/C23H23N3S.2C4H4O4/c1-3-9-21-18(7-1)17-20(19-8-2-4-10-22(19)27-21)25-13-15-26(16-14-25)23-11-5-6-12-24-23;2*5-3(6)1-2-4(7)8/h1-12,20H,13-17H2;2*1-2H,(H,5,6)(H,7,8)/b;2*2-1+. The van der Waals surface area contributed by atoms with Crippen LogP contribution in [0.5, 0.6) is 0 Å². The smallest absolute Gasteiger partial charge is 0.328 e. The Balaban J connectivity index is 0.000000263. The van der Waals surface area contributed by atoms with Gasteiger partial charge in [0.15, 0.2) is 0 Å². The van der Waals surface area contributed by atoms with Gasteiger partial charge < -0.3 is 25.3 Å². The average Bonchev–Trinajstić information content (AvgIpc) is 3.17. The number of anilines is 1. The molecular formula is C31H31N3O8S. The third kappa shape index (κ3) is 10.8. The molecule has 3 heterocycles. The van der Waals surface area contributed by atoms with Crippen molar-refractivity contribution >= 4 is 41.5 Å². The SMILES string of the molecule is O=C(O)/C=C/C(=O)O.O=C(O)/C=C/C(=O)O.c1ccc(N2CCN(C3Cc4ccccc4Sc4ccccc43)CC2)nc1. The van der Waals surface area contributed by atoms with Gasteiger partial charge in [-0.3, -0.25) is 4.90 Å². The first-order valence-electron chi connectivity index (χ1n) is 13.2. The van der Waals surface area contributed by atoms with E-state index in [1.165, 1.54) is 20.9 Å². The molecule has 3 aromatic rings. The van der Waals surface area contributed by atoms with Crippen LogP contribution in [0.25, 0.3) is 0 Å². The summed E-state index contributed by atoms with van der Waals surface area (Å²) < 4.78 is 0. The van der Waals surface area contributed by atoms with Gasteiger partial charge in [-0.25, -0.2) is 24.2 Å². The number of fused-ring (bicyclic) bond motifs is 2. The van der Waals surface area contributed by atoms with E-state index in [-0.39, 0.29) is 0 Å². The average molecular weight is 606 g/mol. The first kappa shape index (κ1) is 32.6. The van der Waals surface area contributed by atoms with Crippen LogP contribution < -0.4 is 4.90 Å². The Bertz CT molecular complexity index is 1400. The van der Waals surface area contributed by atoms with E-state index < -0.39 is 23.9 Å². The third-order valence-corrected chi connectivity index (χ3v) is 7.56. The maximum Gasteiger partial charge on any atom is 0.328 e. The quantitative estimate of drug-likeness (QED) is 0.298. The molecule has 4 N–H and O–H groups in total. The van der Waals surface area contributed by atoms with Gasteiger partial charge in [-0.1, -0.05) is 54.2 Å². The number of nitrogens with zero attached hydrogens (tertiary/aromatic N) is 3. The Labute approximate surface area is 252 Å². The lowest BCUT2D eigenvalue weighted by Gasteiger charge is -2.40. The Morgan fingerprint density at radius 1 is 0.674 bits per heavy atom. The number of piperazine rings is 1. The molecule has 2 aromatic carbocycles. The number of hydrogen-bond acceptors (Lipinski definition) is 8. The predicted octanol–water partition coefficient (Wildman–Crippen LogP) is 4.08. The zero-order chi connectivity index (χ0) is 31.2. The molecule has 224 valence electrons. The van der Waals surface area contributed by atoms with E-state index in [1.807, 2.05) is 24.0 Å². The summed E-state index contributed by atoms with van der Waals surface area (Å²) in [6.45, 7) is 4.21.